The van der Waals surface area contributed by atoms with E-state index in [1.54, 1.807) is 19.1 Å². The molecule has 0 spiro atoms. The van der Waals surface area contributed by atoms with Crippen LogP contribution >= 0.6 is 12.4 Å². The Morgan fingerprint density at radius 3 is 2.67 bits per heavy atom. The van der Waals surface area contributed by atoms with E-state index in [0.717, 1.165) is 39.1 Å². The molecule has 24 heavy (non-hydrogen) atoms. The first kappa shape index (κ1) is 18.6. The van der Waals surface area contributed by atoms with Crippen LogP contribution in [0.2, 0.25) is 0 Å². The van der Waals surface area contributed by atoms with Crippen molar-refractivity contribution in [3.63, 3.8) is 0 Å². The fourth-order valence-electron chi connectivity index (χ4n) is 3.39. The summed E-state index contributed by atoms with van der Waals surface area (Å²) in [4.78, 5) is 27.5. The third kappa shape index (κ3) is 3.85. The van der Waals surface area contributed by atoms with Gasteiger partial charge in [0.15, 0.2) is 0 Å². The Balaban J connectivity index is 0.00000208. The molecular weight excluding hydrogens is 332 g/mol. The highest BCUT2D eigenvalue weighted by molar-refractivity contribution is 5.95. The number of nitrogens with one attached hydrogen (secondary N) is 1. The van der Waals surface area contributed by atoms with Crippen molar-refractivity contribution in [2.45, 2.75) is 19.4 Å². The van der Waals surface area contributed by atoms with Gasteiger partial charge < -0.3 is 10.2 Å². The monoisotopic (exact) mass is 354 g/mol. The number of nitro benzene ring substituents is 1. The van der Waals surface area contributed by atoms with Gasteiger partial charge in [0.25, 0.3) is 11.6 Å². The lowest BCUT2D eigenvalue weighted by molar-refractivity contribution is -0.385. The molecule has 2 fully saturated rings. The number of carbonyl (C=O) groups excluding carboxylic acids is 1. The first-order valence-electron chi connectivity index (χ1n) is 8.05. The molecule has 7 nitrogen and oxygen atoms in total. The van der Waals surface area contributed by atoms with Gasteiger partial charge in [-0.3, -0.25) is 19.8 Å². The zero-order valence-corrected chi connectivity index (χ0v) is 14.6. The predicted octanol–water partition coefficient (Wildman–Crippen LogP) is 1.44. The summed E-state index contributed by atoms with van der Waals surface area (Å²) in [6, 6.07) is 5.13. The highest BCUT2D eigenvalue weighted by atomic mass is 35.5. The van der Waals surface area contributed by atoms with E-state index in [0.29, 0.717) is 23.7 Å². The van der Waals surface area contributed by atoms with Crippen LogP contribution in [-0.2, 0) is 0 Å². The van der Waals surface area contributed by atoms with Gasteiger partial charge in [0.1, 0.15) is 0 Å². The van der Waals surface area contributed by atoms with E-state index >= 15 is 0 Å². The van der Waals surface area contributed by atoms with Crippen LogP contribution in [0.4, 0.5) is 5.69 Å². The second-order valence-corrected chi connectivity index (χ2v) is 6.24. The molecule has 1 N–H and O–H groups in total. The molecule has 1 atom stereocenters. The van der Waals surface area contributed by atoms with Crippen molar-refractivity contribution in [2.75, 3.05) is 39.3 Å². The summed E-state index contributed by atoms with van der Waals surface area (Å²) < 4.78 is 0. The summed E-state index contributed by atoms with van der Waals surface area (Å²) in [6.07, 6.45) is 0.972. The minimum atomic E-state index is -0.431. The Hall–Kier alpha value is -1.70. The molecule has 3 rings (SSSR count). The van der Waals surface area contributed by atoms with Gasteiger partial charge in [-0.05, 0) is 19.4 Å². The number of hydrogen-bond acceptors (Lipinski definition) is 5. The lowest BCUT2D eigenvalue weighted by Gasteiger charge is -2.32. The van der Waals surface area contributed by atoms with Gasteiger partial charge in [-0.15, -0.1) is 12.4 Å². The zero-order chi connectivity index (χ0) is 16.4. The summed E-state index contributed by atoms with van der Waals surface area (Å²) in [5, 5.41) is 14.4. The molecule has 132 valence electrons. The normalized spacial score (nSPS) is 21.4. The van der Waals surface area contributed by atoms with Crippen LogP contribution < -0.4 is 5.32 Å². The summed E-state index contributed by atoms with van der Waals surface area (Å²) in [6.45, 7) is 7.13. The molecule has 0 aromatic heterocycles. The minimum Gasteiger partial charge on any atom is -0.337 e. The maximum absolute atomic E-state index is 12.6. The highest BCUT2D eigenvalue weighted by Crippen LogP contribution is 2.23. The van der Waals surface area contributed by atoms with Gasteiger partial charge in [0, 0.05) is 62.5 Å². The molecular formula is C16H23ClN4O3. The molecule has 2 saturated heterocycles. The third-order valence-corrected chi connectivity index (χ3v) is 4.77. The molecule has 0 saturated carbocycles. The number of likely N-dealkylation sites (tertiary alicyclic amines) is 1. The van der Waals surface area contributed by atoms with Gasteiger partial charge in [-0.1, -0.05) is 6.07 Å². The highest BCUT2D eigenvalue weighted by Gasteiger charge is 2.31. The van der Waals surface area contributed by atoms with Crippen molar-refractivity contribution in [3.8, 4) is 0 Å². The van der Waals surface area contributed by atoms with Crippen molar-refractivity contribution >= 4 is 24.0 Å². The molecule has 0 radical (unpaired) electrons. The van der Waals surface area contributed by atoms with E-state index in [9.17, 15) is 14.9 Å². The number of nitro groups is 1. The molecule has 8 heteroatoms. The standard InChI is InChI=1S/C16H22N4O3.ClH/c1-12-2-3-13(10-15(12)20(22)23)16(21)19-7-4-14(11-19)18-8-5-17-6-9-18;/h2-3,10,14,17H,4-9,11H2,1H3;1H. The van der Waals surface area contributed by atoms with E-state index in [1.807, 2.05) is 4.90 Å². The molecule has 2 aliphatic heterocycles. The maximum atomic E-state index is 12.6. The second-order valence-electron chi connectivity index (χ2n) is 6.24. The van der Waals surface area contributed by atoms with E-state index in [1.165, 1.54) is 6.07 Å². The van der Waals surface area contributed by atoms with Crippen molar-refractivity contribution in [2.24, 2.45) is 0 Å². The number of hydrogen-bond donors (Lipinski definition) is 1. The topological polar surface area (TPSA) is 78.7 Å². The molecule has 2 heterocycles. The fourth-order valence-corrected chi connectivity index (χ4v) is 3.39. The molecule has 1 unspecified atom stereocenters. The zero-order valence-electron chi connectivity index (χ0n) is 13.7. The predicted molar refractivity (Wildman–Crippen MR) is 93.8 cm³/mol. The van der Waals surface area contributed by atoms with E-state index < -0.39 is 4.92 Å². The number of piperazine rings is 1. The number of carbonyl (C=O) groups is 1. The van der Waals surface area contributed by atoms with E-state index in [4.69, 9.17) is 0 Å². The smallest absolute Gasteiger partial charge is 0.273 e. The number of aryl methyl sites for hydroxylation is 1. The number of amides is 1. The molecule has 0 bridgehead atoms. The average Bonchev–Trinajstić information content (AvgIpc) is 3.05. The summed E-state index contributed by atoms with van der Waals surface area (Å²) >= 11 is 0. The van der Waals surface area contributed by atoms with Crippen LogP contribution in [-0.4, -0.2) is 65.9 Å². The largest absolute Gasteiger partial charge is 0.337 e. The average molecular weight is 355 g/mol. The van der Waals surface area contributed by atoms with Gasteiger partial charge in [-0.25, -0.2) is 0 Å². The van der Waals surface area contributed by atoms with Crippen LogP contribution in [0.25, 0.3) is 0 Å². The summed E-state index contributed by atoms with van der Waals surface area (Å²) in [7, 11) is 0. The molecule has 2 aliphatic rings. The quantitative estimate of drug-likeness (QED) is 0.656. The Labute approximate surface area is 147 Å². The Morgan fingerprint density at radius 1 is 1.29 bits per heavy atom. The second kappa shape index (κ2) is 7.92. The van der Waals surface area contributed by atoms with E-state index in [-0.39, 0.29) is 24.0 Å². The summed E-state index contributed by atoms with van der Waals surface area (Å²) in [5.74, 6) is -0.106. The van der Waals surface area contributed by atoms with Gasteiger partial charge in [-0.2, -0.15) is 0 Å². The van der Waals surface area contributed by atoms with Crippen LogP contribution in [0.3, 0.4) is 0 Å². The number of benzene rings is 1. The van der Waals surface area contributed by atoms with Crippen molar-refractivity contribution in [1.82, 2.24) is 15.1 Å². The number of nitrogens with zero attached hydrogens (tertiary/aromatic N) is 3. The van der Waals surface area contributed by atoms with Crippen LogP contribution in [0, 0.1) is 17.0 Å². The molecule has 1 aromatic rings. The molecule has 0 aliphatic carbocycles. The molecule has 1 aromatic carbocycles. The van der Waals surface area contributed by atoms with Crippen LogP contribution in [0.5, 0.6) is 0 Å². The minimum absolute atomic E-state index is 0. The van der Waals surface area contributed by atoms with Crippen LogP contribution in [0.15, 0.2) is 18.2 Å². The Bertz CT molecular complexity index is 619. The number of halogens is 1. The SMILES string of the molecule is Cc1ccc(C(=O)N2CCC(N3CCNCC3)C2)cc1[N+](=O)[O-].Cl. The van der Waals surface area contributed by atoms with Crippen molar-refractivity contribution < 1.29 is 9.72 Å². The maximum Gasteiger partial charge on any atom is 0.273 e. The van der Waals surface area contributed by atoms with Crippen LogP contribution in [0.1, 0.15) is 22.3 Å². The lowest BCUT2D eigenvalue weighted by Crippen LogP contribution is -2.49. The lowest BCUT2D eigenvalue weighted by atomic mass is 10.1. The van der Waals surface area contributed by atoms with Gasteiger partial charge in [0.2, 0.25) is 0 Å². The Kier molecular flexibility index (Phi) is 6.15. The summed E-state index contributed by atoms with van der Waals surface area (Å²) in [5.41, 5.74) is 0.989. The molecule has 1 amide bonds. The fraction of sp³-hybridized carbons (Fsp3) is 0.562. The van der Waals surface area contributed by atoms with Gasteiger partial charge >= 0.3 is 0 Å². The Morgan fingerprint density at radius 2 is 2.00 bits per heavy atom. The number of rotatable bonds is 3. The van der Waals surface area contributed by atoms with Crippen molar-refractivity contribution in [3.05, 3.63) is 39.4 Å². The first-order chi connectivity index (χ1) is 11.1. The van der Waals surface area contributed by atoms with Crippen molar-refractivity contribution in [1.29, 1.82) is 0 Å². The third-order valence-electron chi connectivity index (χ3n) is 4.77. The first-order valence-corrected chi connectivity index (χ1v) is 8.05. The van der Waals surface area contributed by atoms with E-state index in [2.05, 4.69) is 10.2 Å². The van der Waals surface area contributed by atoms with Gasteiger partial charge in [0.05, 0.1) is 4.92 Å².